The van der Waals surface area contributed by atoms with E-state index >= 15 is 0 Å². The van der Waals surface area contributed by atoms with Gasteiger partial charge in [-0.2, -0.15) is 5.10 Å². The minimum Gasteiger partial charge on any atom is -0.326 e. The Hall–Kier alpha value is -2.41. The highest BCUT2D eigenvalue weighted by Gasteiger charge is 2.25. The molecule has 7 nitrogen and oxygen atoms in total. The van der Waals surface area contributed by atoms with Crippen molar-refractivity contribution in [3.8, 4) is 0 Å². The highest BCUT2D eigenvalue weighted by molar-refractivity contribution is 5.88. The molecular weight excluding hydrogens is 318 g/mol. The molecule has 7 heteroatoms. The minimum atomic E-state index is -0.112. The summed E-state index contributed by atoms with van der Waals surface area (Å²) in [6, 6.07) is 7.99. The number of aromatic nitrogens is 3. The zero-order chi connectivity index (χ0) is 17.8. The van der Waals surface area contributed by atoms with E-state index in [1.54, 1.807) is 4.57 Å². The van der Waals surface area contributed by atoms with Crippen LogP contribution in [-0.2, 0) is 17.9 Å². The lowest BCUT2D eigenvalue weighted by atomic mass is 9.95. The van der Waals surface area contributed by atoms with Gasteiger partial charge in [0.05, 0.1) is 0 Å². The molecule has 0 unspecified atom stereocenters. The molecule has 0 atom stereocenters. The lowest BCUT2D eigenvalue weighted by molar-refractivity contribution is -0.114. The number of nitrogens with zero attached hydrogens (tertiary/aromatic N) is 3. The maximum absolute atomic E-state index is 11.7. The number of carbonyl (C=O) groups excluding carboxylic acids is 1. The summed E-state index contributed by atoms with van der Waals surface area (Å²) < 4.78 is 1.74. The molecule has 1 aromatic carbocycles. The normalized spacial score (nSPS) is 16.1. The lowest BCUT2D eigenvalue weighted by Gasteiger charge is -2.31. The second-order valence-corrected chi connectivity index (χ2v) is 6.56. The highest BCUT2D eigenvalue weighted by atomic mass is 16.2. The van der Waals surface area contributed by atoms with E-state index in [-0.39, 0.29) is 11.6 Å². The lowest BCUT2D eigenvalue weighted by Crippen LogP contribution is -2.33. The fraction of sp³-hybridized carbons (Fsp3) is 0.500. The van der Waals surface area contributed by atoms with E-state index in [1.165, 1.54) is 12.5 Å². The first kappa shape index (κ1) is 17.4. The predicted octanol–water partition coefficient (Wildman–Crippen LogP) is 1.93. The number of hydrogen-bond acceptors (Lipinski definition) is 4. The van der Waals surface area contributed by atoms with E-state index in [4.69, 9.17) is 0 Å². The molecule has 2 heterocycles. The Kier molecular flexibility index (Phi) is 5.33. The maximum Gasteiger partial charge on any atom is 0.343 e. The van der Waals surface area contributed by atoms with Crippen LogP contribution >= 0.6 is 0 Å². The van der Waals surface area contributed by atoms with E-state index in [2.05, 4.69) is 32.5 Å². The number of benzene rings is 1. The summed E-state index contributed by atoms with van der Waals surface area (Å²) in [5.74, 6) is 1.18. The number of likely N-dealkylation sites (tertiary alicyclic amines) is 1. The molecule has 1 fully saturated rings. The first-order valence-corrected chi connectivity index (χ1v) is 8.80. The summed E-state index contributed by atoms with van der Waals surface area (Å²) in [6.07, 6.45) is 2.02. The molecule has 0 spiro atoms. The number of rotatable bonds is 5. The third-order valence-electron chi connectivity index (χ3n) is 4.74. The summed E-state index contributed by atoms with van der Waals surface area (Å²) in [5.41, 5.74) is 1.95. The largest absolute Gasteiger partial charge is 0.343 e. The molecule has 1 aromatic heterocycles. The highest BCUT2D eigenvalue weighted by Crippen LogP contribution is 2.26. The first-order valence-electron chi connectivity index (χ1n) is 8.80. The van der Waals surface area contributed by atoms with Crippen LogP contribution in [0.25, 0.3) is 0 Å². The van der Waals surface area contributed by atoms with Crippen LogP contribution < -0.4 is 11.0 Å². The number of aromatic amines is 1. The van der Waals surface area contributed by atoms with Crippen LogP contribution in [0.3, 0.4) is 0 Å². The summed E-state index contributed by atoms with van der Waals surface area (Å²) in [4.78, 5) is 25.2. The number of hydrogen-bond donors (Lipinski definition) is 2. The third kappa shape index (κ3) is 4.17. The van der Waals surface area contributed by atoms with E-state index in [9.17, 15) is 9.59 Å². The van der Waals surface area contributed by atoms with Crippen LogP contribution in [0.4, 0.5) is 5.69 Å². The van der Waals surface area contributed by atoms with Gasteiger partial charge >= 0.3 is 5.69 Å². The number of H-pyrrole nitrogens is 1. The Morgan fingerprint density at radius 3 is 2.56 bits per heavy atom. The molecule has 1 amide bonds. The first-order chi connectivity index (χ1) is 12.1. The predicted molar refractivity (Wildman–Crippen MR) is 96.5 cm³/mol. The molecule has 2 N–H and O–H groups in total. The molecular formula is C18H25N5O2. The van der Waals surface area contributed by atoms with E-state index in [1.807, 2.05) is 19.1 Å². The van der Waals surface area contributed by atoms with Crippen molar-refractivity contribution >= 4 is 11.6 Å². The monoisotopic (exact) mass is 343 g/mol. The van der Waals surface area contributed by atoms with Crippen molar-refractivity contribution in [3.05, 3.63) is 46.1 Å². The topological polar surface area (TPSA) is 83.0 Å². The Morgan fingerprint density at radius 2 is 1.96 bits per heavy atom. The molecule has 0 radical (unpaired) electrons. The number of carbonyl (C=O) groups is 1. The second kappa shape index (κ2) is 7.65. The second-order valence-electron chi connectivity index (χ2n) is 6.56. The Bertz CT molecular complexity index is 770. The van der Waals surface area contributed by atoms with Gasteiger partial charge in [0.2, 0.25) is 5.91 Å². The fourth-order valence-electron chi connectivity index (χ4n) is 3.45. The van der Waals surface area contributed by atoms with Gasteiger partial charge in [0.1, 0.15) is 5.82 Å². The van der Waals surface area contributed by atoms with Crippen molar-refractivity contribution < 1.29 is 4.79 Å². The van der Waals surface area contributed by atoms with Crippen molar-refractivity contribution in [1.29, 1.82) is 0 Å². The van der Waals surface area contributed by atoms with Gasteiger partial charge in [0, 0.05) is 31.6 Å². The van der Waals surface area contributed by atoms with Crippen molar-refractivity contribution in [2.24, 2.45) is 0 Å². The zero-order valence-corrected chi connectivity index (χ0v) is 14.8. The van der Waals surface area contributed by atoms with E-state index < -0.39 is 0 Å². The van der Waals surface area contributed by atoms with Crippen molar-refractivity contribution in [1.82, 2.24) is 19.7 Å². The number of piperidine rings is 1. The van der Waals surface area contributed by atoms with Crippen LogP contribution in [0.2, 0.25) is 0 Å². The van der Waals surface area contributed by atoms with Crippen molar-refractivity contribution in [2.75, 3.05) is 18.4 Å². The van der Waals surface area contributed by atoms with Gasteiger partial charge in [-0.05, 0) is 50.6 Å². The molecule has 2 aromatic rings. The van der Waals surface area contributed by atoms with E-state index in [0.717, 1.165) is 44.0 Å². The SMILES string of the molecule is CCn1c(C2CCN(Cc3ccc(NC(C)=O)cc3)CC2)n[nH]c1=O. The van der Waals surface area contributed by atoms with Crippen LogP contribution in [0, 0.1) is 0 Å². The van der Waals surface area contributed by atoms with Crippen molar-refractivity contribution in [2.45, 2.75) is 45.7 Å². The zero-order valence-electron chi connectivity index (χ0n) is 14.8. The van der Waals surface area contributed by atoms with Gasteiger partial charge in [0.15, 0.2) is 0 Å². The van der Waals surface area contributed by atoms with Gasteiger partial charge in [-0.25, -0.2) is 9.89 Å². The summed E-state index contributed by atoms with van der Waals surface area (Å²) >= 11 is 0. The number of anilines is 1. The van der Waals surface area contributed by atoms with Gasteiger partial charge in [-0.15, -0.1) is 0 Å². The van der Waals surface area contributed by atoms with Crippen LogP contribution in [-0.4, -0.2) is 38.7 Å². The molecule has 1 aliphatic heterocycles. The third-order valence-corrected chi connectivity index (χ3v) is 4.74. The molecule has 3 rings (SSSR count). The maximum atomic E-state index is 11.7. The Labute approximate surface area is 147 Å². The van der Waals surface area contributed by atoms with Crippen LogP contribution in [0.5, 0.6) is 0 Å². The minimum absolute atomic E-state index is 0.0567. The molecule has 1 saturated heterocycles. The van der Waals surface area contributed by atoms with Crippen molar-refractivity contribution in [3.63, 3.8) is 0 Å². The van der Waals surface area contributed by atoms with Gasteiger partial charge < -0.3 is 5.32 Å². The van der Waals surface area contributed by atoms with Gasteiger partial charge in [-0.3, -0.25) is 14.3 Å². The Balaban J connectivity index is 1.55. The molecule has 134 valence electrons. The average molecular weight is 343 g/mol. The average Bonchev–Trinajstić information content (AvgIpc) is 2.97. The standard InChI is InChI=1S/C18H25N5O2/c1-3-23-17(20-21-18(23)25)15-8-10-22(11-9-15)12-14-4-6-16(7-5-14)19-13(2)24/h4-7,15H,3,8-12H2,1-2H3,(H,19,24)(H,21,25). The summed E-state index contributed by atoms with van der Waals surface area (Å²) in [5, 5.41) is 9.58. The van der Waals surface area contributed by atoms with Gasteiger partial charge in [-0.1, -0.05) is 12.1 Å². The number of amides is 1. The molecule has 25 heavy (non-hydrogen) atoms. The number of nitrogens with one attached hydrogen (secondary N) is 2. The van der Waals surface area contributed by atoms with E-state index in [0.29, 0.717) is 12.5 Å². The van der Waals surface area contributed by atoms with Gasteiger partial charge in [0.25, 0.3) is 0 Å². The molecule has 0 aliphatic carbocycles. The quantitative estimate of drug-likeness (QED) is 0.869. The Morgan fingerprint density at radius 1 is 1.28 bits per heavy atom. The fourth-order valence-corrected chi connectivity index (χ4v) is 3.45. The molecule has 0 bridgehead atoms. The summed E-state index contributed by atoms with van der Waals surface area (Å²) in [7, 11) is 0. The van der Waals surface area contributed by atoms with Crippen LogP contribution in [0.1, 0.15) is 44.0 Å². The smallest absolute Gasteiger partial charge is 0.326 e. The molecule has 1 aliphatic rings. The molecule has 0 saturated carbocycles. The summed E-state index contributed by atoms with van der Waals surface area (Å²) in [6.45, 7) is 7.02. The van der Waals surface area contributed by atoms with Crippen LogP contribution in [0.15, 0.2) is 29.1 Å².